The number of pyridine rings is 1. The van der Waals surface area contributed by atoms with Gasteiger partial charge in [0.25, 0.3) is 5.56 Å². The van der Waals surface area contributed by atoms with Crippen molar-refractivity contribution in [3.8, 4) is 0 Å². The molecule has 0 radical (unpaired) electrons. The Morgan fingerprint density at radius 1 is 1.23 bits per heavy atom. The van der Waals surface area contributed by atoms with Crippen LogP contribution in [0.1, 0.15) is 0 Å². The second kappa shape index (κ2) is 2.78. The summed E-state index contributed by atoms with van der Waals surface area (Å²) in [5.74, 6) is 0. The molecule has 0 unspecified atom stereocenters. The summed E-state index contributed by atoms with van der Waals surface area (Å²) in [7, 11) is 0. The lowest BCUT2D eigenvalue weighted by Gasteiger charge is -2.01. The molecule has 0 spiro atoms. The molecule has 0 aliphatic heterocycles. The van der Waals surface area contributed by atoms with Gasteiger partial charge in [0.1, 0.15) is 0 Å². The lowest BCUT2D eigenvalue weighted by Crippen LogP contribution is -2.05. The van der Waals surface area contributed by atoms with Gasteiger partial charge in [0, 0.05) is 17.0 Å². The smallest absolute Gasteiger partial charge is 0.255 e. The molecule has 1 aromatic heterocycles. The van der Waals surface area contributed by atoms with Gasteiger partial charge in [-0.2, -0.15) is 0 Å². The Balaban J connectivity index is 3.03. The molecular weight excluding hydrogens is 188 g/mol. The predicted molar refractivity (Wildman–Crippen MR) is 54.0 cm³/mol. The first-order valence-electron chi connectivity index (χ1n) is 3.75. The maximum Gasteiger partial charge on any atom is 0.255 e. The van der Waals surface area contributed by atoms with Crippen molar-refractivity contribution in [1.29, 1.82) is 0 Å². The fourth-order valence-corrected chi connectivity index (χ4v) is 1.43. The Labute approximate surface area is 79.1 Å². The largest absolute Gasteiger partial charge is 0.397 e. The standard InChI is InChI=1S/C9H7ClN2O/c10-7-2-1-6-5(8(7)11)3-4-12-9(6)13/h1-4H,11H2,(H,12,13). The zero-order chi connectivity index (χ0) is 9.42. The van der Waals surface area contributed by atoms with Crippen LogP contribution in [0.3, 0.4) is 0 Å². The highest BCUT2D eigenvalue weighted by Crippen LogP contribution is 2.25. The number of halogens is 1. The molecule has 13 heavy (non-hydrogen) atoms. The van der Waals surface area contributed by atoms with E-state index in [0.717, 1.165) is 0 Å². The van der Waals surface area contributed by atoms with Crippen molar-refractivity contribution in [3.63, 3.8) is 0 Å². The van der Waals surface area contributed by atoms with Crippen LogP contribution in [0, 0.1) is 0 Å². The number of fused-ring (bicyclic) bond motifs is 1. The Kier molecular flexibility index (Phi) is 1.74. The lowest BCUT2D eigenvalue weighted by atomic mass is 10.1. The summed E-state index contributed by atoms with van der Waals surface area (Å²) in [6.45, 7) is 0. The van der Waals surface area contributed by atoms with E-state index in [1.807, 2.05) is 0 Å². The summed E-state index contributed by atoms with van der Waals surface area (Å²) in [4.78, 5) is 13.9. The zero-order valence-corrected chi connectivity index (χ0v) is 7.43. The summed E-state index contributed by atoms with van der Waals surface area (Å²) in [5.41, 5.74) is 6.00. The molecule has 0 atom stereocenters. The van der Waals surface area contributed by atoms with E-state index in [2.05, 4.69) is 4.98 Å². The average Bonchev–Trinajstić information content (AvgIpc) is 2.12. The lowest BCUT2D eigenvalue weighted by molar-refractivity contribution is 1.28. The second-order valence-corrected chi connectivity index (χ2v) is 3.14. The zero-order valence-electron chi connectivity index (χ0n) is 6.67. The average molecular weight is 195 g/mol. The molecule has 0 saturated heterocycles. The van der Waals surface area contributed by atoms with Gasteiger partial charge in [0.15, 0.2) is 0 Å². The first-order valence-corrected chi connectivity index (χ1v) is 4.13. The number of aromatic amines is 1. The summed E-state index contributed by atoms with van der Waals surface area (Å²) in [6, 6.07) is 5.01. The fourth-order valence-electron chi connectivity index (χ4n) is 1.27. The number of benzene rings is 1. The van der Waals surface area contributed by atoms with Crippen LogP contribution in [-0.2, 0) is 0 Å². The van der Waals surface area contributed by atoms with Crippen molar-refractivity contribution < 1.29 is 0 Å². The molecule has 0 amide bonds. The van der Waals surface area contributed by atoms with Gasteiger partial charge in [-0.15, -0.1) is 0 Å². The van der Waals surface area contributed by atoms with E-state index in [0.29, 0.717) is 21.5 Å². The Bertz CT molecular complexity index is 518. The van der Waals surface area contributed by atoms with Crippen LogP contribution >= 0.6 is 11.6 Å². The van der Waals surface area contributed by atoms with E-state index in [-0.39, 0.29) is 5.56 Å². The topological polar surface area (TPSA) is 58.9 Å². The van der Waals surface area contributed by atoms with Crippen LogP contribution in [0.25, 0.3) is 10.8 Å². The molecule has 2 aromatic rings. The van der Waals surface area contributed by atoms with Crippen LogP contribution in [-0.4, -0.2) is 4.98 Å². The number of aromatic nitrogens is 1. The number of anilines is 1. The number of nitrogens with two attached hydrogens (primary N) is 1. The van der Waals surface area contributed by atoms with Crippen molar-refractivity contribution in [1.82, 2.24) is 4.98 Å². The number of hydrogen-bond donors (Lipinski definition) is 2. The van der Waals surface area contributed by atoms with Crippen LogP contribution < -0.4 is 11.3 Å². The van der Waals surface area contributed by atoms with E-state index in [4.69, 9.17) is 17.3 Å². The molecule has 0 aliphatic carbocycles. The quantitative estimate of drug-likeness (QED) is 0.628. The van der Waals surface area contributed by atoms with Gasteiger partial charge in [-0.1, -0.05) is 11.6 Å². The molecule has 3 N–H and O–H groups in total. The molecule has 0 aliphatic rings. The third-order valence-corrected chi connectivity index (χ3v) is 2.27. The molecule has 4 heteroatoms. The van der Waals surface area contributed by atoms with Crippen LogP contribution in [0.4, 0.5) is 5.69 Å². The van der Waals surface area contributed by atoms with Crippen molar-refractivity contribution in [3.05, 3.63) is 39.8 Å². The van der Waals surface area contributed by atoms with E-state index in [1.54, 1.807) is 24.4 Å². The van der Waals surface area contributed by atoms with Gasteiger partial charge in [0.05, 0.1) is 10.7 Å². The van der Waals surface area contributed by atoms with Crippen molar-refractivity contribution in [2.24, 2.45) is 0 Å². The summed E-state index contributed by atoms with van der Waals surface area (Å²) < 4.78 is 0. The summed E-state index contributed by atoms with van der Waals surface area (Å²) in [5, 5.41) is 1.72. The highest BCUT2D eigenvalue weighted by Gasteiger charge is 2.03. The highest BCUT2D eigenvalue weighted by atomic mass is 35.5. The van der Waals surface area contributed by atoms with Crippen LogP contribution in [0.15, 0.2) is 29.2 Å². The molecular formula is C9H7ClN2O. The number of H-pyrrole nitrogens is 1. The minimum atomic E-state index is -0.152. The van der Waals surface area contributed by atoms with Gasteiger partial charge in [-0.05, 0) is 18.2 Å². The molecule has 1 heterocycles. The Morgan fingerprint density at radius 2 is 2.00 bits per heavy atom. The van der Waals surface area contributed by atoms with Crippen molar-refractivity contribution >= 4 is 28.1 Å². The van der Waals surface area contributed by atoms with E-state index < -0.39 is 0 Å². The first-order chi connectivity index (χ1) is 6.20. The van der Waals surface area contributed by atoms with E-state index >= 15 is 0 Å². The maximum absolute atomic E-state index is 11.3. The number of hydrogen-bond acceptors (Lipinski definition) is 2. The van der Waals surface area contributed by atoms with Gasteiger partial charge < -0.3 is 10.7 Å². The summed E-state index contributed by atoms with van der Waals surface area (Å²) >= 11 is 5.80. The third-order valence-electron chi connectivity index (χ3n) is 1.94. The molecule has 3 nitrogen and oxygen atoms in total. The number of nitrogen functional groups attached to an aromatic ring is 1. The van der Waals surface area contributed by atoms with Gasteiger partial charge in [-0.25, -0.2) is 0 Å². The van der Waals surface area contributed by atoms with Crippen LogP contribution in [0.5, 0.6) is 0 Å². The number of nitrogens with one attached hydrogen (secondary N) is 1. The molecule has 0 bridgehead atoms. The predicted octanol–water partition coefficient (Wildman–Crippen LogP) is 1.76. The normalized spacial score (nSPS) is 10.5. The molecule has 0 saturated carbocycles. The van der Waals surface area contributed by atoms with Crippen LogP contribution in [0.2, 0.25) is 5.02 Å². The Hall–Kier alpha value is -1.48. The highest BCUT2D eigenvalue weighted by molar-refractivity contribution is 6.34. The molecule has 0 fully saturated rings. The third kappa shape index (κ3) is 1.17. The van der Waals surface area contributed by atoms with Gasteiger partial charge in [-0.3, -0.25) is 4.79 Å². The maximum atomic E-state index is 11.3. The minimum absolute atomic E-state index is 0.152. The fraction of sp³-hybridized carbons (Fsp3) is 0. The molecule has 2 rings (SSSR count). The number of rotatable bonds is 0. The van der Waals surface area contributed by atoms with Gasteiger partial charge in [0.2, 0.25) is 0 Å². The molecule has 66 valence electrons. The minimum Gasteiger partial charge on any atom is -0.397 e. The van der Waals surface area contributed by atoms with E-state index in [1.165, 1.54) is 0 Å². The SMILES string of the molecule is Nc1c(Cl)ccc2c(=O)[nH]ccc12. The second-order valence-electron chi connectivity index (χ2n) is 2.73. The Morgan fingerprint density at radius 3 is 2.77 bits per heavy atom. The molecule has 1 aromatic carbocycles. The van der Waals surface area contributed by atoms with Crippen molar-refractivity contribution in [2.45, 2.75) is 0 Å². The van der Waals surface area contributed by atoms with Crippen molar-refractivity contribution in [2.75, 3.05) is 5.73 Å². The van der Waals surface area contributed by atoms with Gasteiger partial charge >= 0.3 is 0 Å². The monoisotopic (exact) mass is 194 g/mol. The summed E-state index contributed by atoms with van der Waals surface area (Å²) in [6.07, 6.45) is 1.55. The van der Waals surface area contributed by atoms with E-state index in [9.17, 15) is 4.79 Å². The first kappa shape index (κ1) is 8.13.